The SMILES string of the molecule is CSC1=NN2C(=c3ccccc3=N[C@@H]2c2ccc(-c3cccc(Cl)c3)o2)C(=O)N1. The normalized spacial score (nSPS) is 17.8. The summed E-state index contributed by atoms with van der Waals surface area (Å²) in [5.74, 6) is 1.05. The Hall–Kier alpha value is -3.03. The van der Waals surface area contributed by atoms with E-state index >= 15 is 0 Å². The molecular weight excluding hydrogens is 408 g/mol. The van der Waals surface area contributed by atoms with Crippen LogP contribution in [0, 0.1) is 0 Å². The molecule has 0 unspecified atom stereocenters. The van der Waals surface area contributed by atoms with Gasteiger partial charge < -0.3 is 4.42 Å². The lowest BCUT2D eigenvalue weighted by Crippen LogP contribution is -2.50. The number of halogens is 1. The molecule has 0 spiro atoms. The fourth-order valence-corrected chi connectivity index (χ4v) is 3.95. The Morgan fingerprint density at radius 1 is 1.14 bits per heavy atom. The summed E-state index contributed by atoms with van der Waals surface area (Å²) in [4.78, 5) is 17.6. The van der Waals surface area contributed by atoms with Gasteiger partial charge in [0.1, 0.15) is 11.5 Å². The second-order valence-corrected chi connectivity index (χ2v) is 7.72. The van der Waals surface area contributed by atoms with E-state index in [4.69, 9.17) is 21.0 Å². The van der Waals surface area contributed by atoms with Crippen molar-refractivity contribution >= 4 is 40.1 Å². The van der Waals surface area contributed by atoms with Gasteiger partial charge >= 0.3 is 0 Å². The molecule has 2 aromatic carbocycles. The van der Waals surface area contributed by atoms with Crippen LogP contribution in [0.4, 0.5) is 0 Å². The summed E-state index contributed by atoms with van der Waals surface area (Å²) in [6, 6.07) is 18.7. The van der Waals surface area contributed by atoms with Crippen molar-refractivity contribution in [1.82, 2.24) is 10.3 Å². The van der Waals surface area contributed by atoms with Crippen LogP contribution >= 0.6 is 23.4 Å². The molecule has 8 heteroatoms. The number of hydrogen-bond acceptors (Lipinski definition) is 6. The second-order valence-electron chi connectivity index (χ2n) is 6.49. The molecule has 3 aromatic rings. The molecule has 29 heavy (non-hydrogen) atoms. The van der Waals surface area contributed by atoms with E-state index in [0.717, 1.165) is 16.1 Å². The quantitative estimate of drug-likeness (QED) is 0.689. The Labute approximate surface area is 175 Å². The van der Waals surface area contributed by atoms with E-state index in [-0.39, 0.29) is 5.91 Å². The molecule has 0 saturated carbocycles. The Morgan fingerprint density at radius 3 is 2.83 bits per heavy atom. The van der Waals surface area contributed by atoms with Crippen molar-refractivity contribution < 1.29 is 9.21 Å². The molecule has 5 rings (SSSR count). The minimum Gasteiger partial charge on any atom is -0.457 e. The first kappa shape index (κ1) is 18.0. The molecule has 1 amide bonds. The number of nitrogens with zero attached hydrogens (tertiary/aromatic N) is 3. The molecule has 0 bridgehead atoms. The van der Waals surface area contributed by atoms with Crippen molar-refractivity contribution in [1.29, 1.82) is 0 Å². The number of amidine groups is 1. The molecule has 0 fully saturated rings. The lowest BCUT2D eigenvalue weighted by molar-refractivity contribution is -0.116. The van der Waals surface area contributed by atoms with Gasteiger partial charge in [0.2, 0.25) is 6.17 Å². The zero-order valence-electron chi connectivity index (χ0n) is 15.3. The minimum atomic E-state index is -0.582. The van der Waals surface area contributed by atoms with Gasteiger partial charge in [-0.1, -0.05) is 53.7 Å². The van der Waals surface area contributed by atoms with Gasteiger partial charge in [0.05, 0.1) is 5.36 Å². The molecule has 3 heterocycles. The van der Waals surface area contributed by atoms with Gasteiger partial charge in [-0.25, -0.2) is 10.0 Å². The highest BCUT2D eigenvalue weighted by molar-refractivity contribution is 8.13. The molecule has 6 nitrogen and oxygen atoms in total. The van der Waals surface area contributed by atoms with Gasteiger partial charge in [-0.05, 0) is 36.6 Å². The monoisotopic (exact) mass is 422 g/mol. The number of amides is 1. The average Bonchev–Trinajstić information content (AvgIpc) is 3.23. The number of carbonyl (C=O) groups excluding carboxylic acids is 1. The molecule has 2 aliphatic rings. The first-order valence-corrected chi connectivity index (χ1v) is 10.5. The van der Waals surface area contributed by atoms with Gasteiger partial charge in [0, 0.05) is 15.8 Å². The Balaban J connectivity index is 1.66. The number of fused-ring (bicyclic) bond motifs is 2. The zero-order valence-corrected chi connectivity index (χ0v) is 16.9. The van der Waals surface area contributed by atoms with Gasteiger partial charge in [0.25, 0.3) is 5.91 Å². The highest BCUT2D eigenvalue weighted by Gasteiger charge is 2.35. The van der Waals surface area contributed by atoms with E-state index in [2.05, 4.69) is 10.4 Å². The first-order chi connectivity index (χ1) is 14.1. The van der Waals surface area contributed by atoms with Crippen molar-refractivity contribution in [3.63, 3.8) is 0 Å². The maximum absolute atomic E-state index is 12.8. The van der Waals surface area contributed by atoms with E-state index in [0.29, 0.717) is 27.4 Å². The lowest BCUT2D eigenvalue weighted by Gasteiger charge is -2.32. The standard InChI is InChI=1S/C21H15ClN4O2S/c1-29-21-24-20(27)18-14-7-2-3-8-15(14)23-19(26(18)25-21)17-10-9-16(28-17)12-5-4-6-13(22)11-12/h2-11,19H,1H3,(H,24,25,27)/t19-/m0/s1. The van der Waals surface area contributed by atoms with E-state index in [1.165, 1.54) is 11.8 Å². The number of hydrazone groups is 1. The molecule has 144 valence electrons. The number of para-hydroxylation sites is 1. The van der Waals surface area contributed by atoms with Crippen molar-refractivity contribution in [3.05, 3.63) is 82.0 Å². The third-order valence-corrected chi connectivity index (χ3v) is 5.50. The van der Waals surface area contributed by atoms with E-state index in [1.807, 2.05) is 66.9 Å². The molecule has 0 saturated heterocycles. The van der Waals surface area contributed by atoms with Crippen LogP contribution in [0.3, 0.4) is 0 Å². The fourth-order valence-electron chi connectivity index (χ4n) is 3.39. The first-order valence-electron chi connectivity index (χ1n) is 8.90. The summed E-state index contributed by atoms with van der Waals surface area (Å²) in [5.41, 5.74) is 1.33. The van der Waals surface area contributed by atoms with Crippen LogP contribution in [0.2, 0.25) is 5.02 Å². The van der Waals surface area contributed by atoms with Gasteiger partial charge in [-0.3, -0.25) is 10.1 Å². The number of hydrogen-bond donors (Lipinski definition) is 1. The second kappa shape index (κ2) is 7.09. The van der Waals surface area contributed by atoms with E-state index < -0.39 is 6.17 Å². The van der Waals surface area contributed by atoms with Crippen molar-refractivity contribution in [3.8, 4) is 11.3 Å². The summed E-state index contributed by atoms with van der Waals surface area (Å²) in [5, 5.41) is 11.7. The number of nitrogens with one attached hydrogen (secondary N) is 1. The number of furan rings is 1. The smallest absolute Gasteiger partial charge is 0.276 e. The predicted octanol–water partition coefficient (Wildman–Crippen LogP) is 3.11. The van der Waals surface area contributed by atoms with Crippen LogP contribution in [-0.2, 0) is 4.79 Å². The third-order valence-electron chi connectivity index (χ3n) is 4.70. The van der Waals surface area contributed by atoms with Crippen LogP contribution in [0.25, 0.3) is 17.0 Å². The molecule has 1 N–H and O–H groups in total. The summed E-state index contributed by atoms with van der Waals surface area (Å²) in [7, 11) is 0. The molecule has 0 aliphatic carbocycles. The Bertz CT molecular complexity index is 1280. The van der Waals surface area contributed by atoms with Crippen LogP contribution in [-0.4, -0.2) is 22.3 Å². The number of rotatable bonds is 2. The number of benzene rings is 2. The van der Waals surface area contributed by atoms with Crippen LogP contribution in [0.15, 0.2) is 75.2 Å². The zero-order chi connectivity index (χ0) is 20.0. The largest absolute Gasteiger partial charge is 0.457 e. The summed E-state index contributed by atoms with van der Waals surface area (Å²) in [6.45, 7) is 0. The van der Waals surface area contributed by atoms with E-state index in [1.54, 1.807) is 5.01 Å². The Kier molecular flexibility index (Phi) is 4.41. The van der Waals surface area contributed by atoms with Crippen LogP contribution in [0.5, 0.6) is 0 Å². The fraction of sp³-hybridized carbons (Fsp3) is 0.0952. The van der Waals surface area contributed by atoms with Crippen LogP contribution in [0.1, 0.15) is 11.9 Å². The average molecular weight is 423 g/mol. The van der Waals surface area contributed by atoms with Crippen molar-refractivity contribution in [2.24, 2.45) is 10.1 Å². The molecule has 0 radical (unpaired) electrons. The Morgan fingerprint density at radius 2 is 2.00 bits per heavy atom. The molecule has 2 aliphatic heterocycles. The van der Waals surface area contributed by atoms with Crippen LogP contribution < -0.4 is 15.9 Å². The maximum atomic E-state index is 12.8. The van der Waals surface area contributed by atoms with Gasteiger partial charge in [-0.2, -0.15) is 0 Å². The molecular formula is C21H15ClN4O2S. The van der Waals surface area contributed by atoms with Gasteiger partial charge in [0.15, 0.2) is 10.9 Å². The molecule has 1 aromatic heterocycles. The minimum absolute atomic E-state index is 0.210. The maximum Gasteiger partial charge on any atom is 0.276 e. The third kappa shape index (κ3) is 3.12. The summed E-state index contributed by atoms with van der Waals surface area (Å²) < 4.78 is 6.12. The lowest BCUT2D eigenvalue weighted by atomic mass is 10.1. The molecule has 1 atom stereocenters. The van der Waals surface area contributed by atoms with Gasteiger partial charge in [-0.15, -0.1) is 5.10 Å². The summed E-state index contributed by atoms with van der Waals surface area (Å²) >= 11 is 7.47. The van der Waals surface area contributed by atoms with Crippen molar-refractivity contribution in [2.75, 3.05) is 6.26 Å². The predicted molar refractivity (Wildman–Crippen MR) is 113 cm³/mol. The highest BCUT2D eigenvalue weighted by atomic mass is 35.5. The number of thioether (sulfide) groups is 1. The van der Waals surface area contributed by atoms with E-state index in [9.17, 15) is 4.79 Å². The topological polar surface area (TPSA) is 70.2 Å². The van der Waals surface area contributed by atoms with Crippen molar-refractivity contribution in [2.45, 2.75) is 6.17 Å². The number of carbonyl (C=O) groups is 1. The summed E-state index contributed by atoms with van der Waals surface area (Å²) in [6.07, 6.45) is 1.28. The highest BCUT2D eigenvalue weighted by Crippen LogP contribution is 2.34.